The highest BCUT2D eigenvalue weighted by Gasteiger charge is 2.30. The number of hydrogen-bond donors (Lipinski definition) is 4. The van der Waals surface area contributed by atoms with Gasteiger partial charge in [0.2, 0.25) is 0 Å². The van der Waals surface area contributed by atoms with Crippen molar-refractivity contribution in [3.05, 3.63) is 23.8 Å². The number of ether oxygens (including phenoxy) is 1. The summed E-state index contributed by atoms with van der Waals surface area (Å²) in [6.45, 7) is 1.47. The smallest absolute Gasteiger partial charge is 0.504 e. The number of carbonyl (C=O) groups is 1. The number of phenols is 1. The summed E-state index contributed by atoms with van der Waals surface area (Å²) < 4.78 is 19.5. The Balaban J connectivity index is 2.93. The van der Waals surface area contributed by atoms with Crippen LogP contribution in [0.3, 0.4) is 0 Å². The van der Waals surface area contributed by atoms with Crippen molar-refractivity contribution in [2.45, 2.75) is 18.9 Å². The van der Waals surface area contributed by atoms with Crippen LogP contribution in [0.15, 0.2) is 18.2 Å². The van der Waals surface area contributed by atoms with Gasteiger partial charge in [-0.3, -0.25) is 14.6 Å². The quantitative estimate of drug-likeness (QED) is 0.450. The lowest BCUT2D eigenvalue weighted by molar-refractivity contribution is -0.146. The second-order valence-electron chi connectivity index (χ2n) is 4.47. The number of methoxy groups -OCH3 is 1. The average Bonchev–Trinajstić information content (AvgIpc) is 2.29. The summed E-state index contributed by atoms with van der Waals surface area (Å²) in [6.07, 6.45) is 0.0728. The van der Waals surface area contributed by atoms with Crippen LogP contribution in [0.2, 0.25) is 0 Å². The number of hydrogen-bond acceptors (Lipinski definition) is 6. The lowest BCUT2D eigenvalue weighted by Crippen LogP contribution is -2.47. The van der Waals surface area contributed by atoms with Crippen molar-refractivity contribution in [2.24, 2.45) is 5.73 Å². The Morgan fingerprint density at radius 2 is 2.05 bits per heavy atom. The topological polar surface area (TPSA) is 139 Å². The van der Waals surface area contributed by atoms with Crippen LogP contribution in [0, 0.1) is 0 Å². The predicted octanol–water partition coefficient (Wildman–Crippen LogP) is 0.297. The standard InChI is InChI=1S/C11H16NO7P/c1-11(12,10(14)18-2)6-7-3-4-9(8(13)5-7)19-20(15,16)17/h3-5,13H,6,12H2,1-2H3,(H2,15,16,17). The highest BCUT2D eigenvalue weighted by molar-refractivity contribution is 7.46. The molecule has 0 fully saturated rings. The first kappa shape index (κ1) is 16.5. The number of esters is 1. The largest absolute Gasteiger partial charge is 0.524 e. The van der Waals surface area contributed by atoms with Gasteiger partial charge in [0.05, 0.1) is 7.11 Å². The van der Waals surface area contributed by atoms with Gasteiger partial charge in [-0.15, -0.1) is 0 Å². The SMILES string of the molecule is COC(=O)C(C)(N)Cc1ccc(OP(=O)(O)O)c(O)c1. The molecule has 0 aliphatic heterocycles. The molecule has 0 radical (unpaired) electrons. The molecule has 0 aromatic heterocycles. The van der Waals surface area contributed by atoms with E-state index < -0.39 is 25.1 Å². The van der Waals surface area contributed by atoms with Gasteiger partial charge in [-0.2, -0.15) is 0 Å². The summed E-state index contributed by atoms with van der Waals surface area (Å²) in [6, 6.07) is 3.81. The summed E-state index contributed by atoms with van der Waals surface area (Å²) in [5.74, 6) is -1.45. The Morgan fingerprint density at radius 1 is 1.45 bits per heavy atom. The number of phosphoric acid groups is 1. The van der Waals surface area contributed by atoms with Crippen LogP contribution >= 0.6 is 7.82 Å². The molecular formula is C11H16NO7P. The van der Waals surface area contributed by atoms with Crippen molar-refractivity contribution < 1.29 is 33.5 Å². The molecule has 1 unspecified atom stereocenters. The minimum Gasteiger partial charge on any atom is -0.504 e. The van der Waals surface area contributed by atoms with Crippen LogP contribution in [0.25, 0.3) is 0 Å². The monoisotopic (exact) mass is 305 g/mol. The Labute approximate surface area is 115 Å². The minimum absolute atomic E-state index is 0.0728. The van der Waals surface area contributed by atoms with Crippen molar-refractivity contribution >= 4 is 13.8 Å². The fourth-order valence-corrected chi connectivity index (χ4v) is 2.02. The van der Waals surface area contributed by atoms with Crippen LogP contribution in [-0.2, 0) is 20.5 Å². The summed E-state index contributed by atoms with van der Waals surface area (Å²) in [4.78, 5) is 28.7. The van der Waals surface area contributed by atoms with Crippen molar-refractivity contribution in [1.82, 2.24) is 0 Å². The van der Waals surface area contributed by atoms with Crippen molar-refractivity contribution in [1.29, 1.82) is 0 Å². The van der Waals surface area contributed by atoms with Crippen molar-refractivity contribution in [3.8, 4) is 11.5 Å². The fraction of sp³-hybridized carbons (Fsp3) is 0.364. The van der Waals surface area contributed by atoms with Gasteiger partial charge in [0.15, 0.2) is 11.5 Å². The van der Waals surface area contributed by atoms with Gasteiger partial charge in [0.1, 0.15) is 5.54 Å². The number of aromatic hydroxyl groups is 1. The van der Waals surface area contributed by atoms with Gasteiger partial charge < -0.3 is 20.1 Å². The first-order chi connectivity index (χ1) is 9.05. The highest BCUT2D eigenvalue weighted by atomic mass is 31.2. The van der Waals surface area contributed by atoms with E-state index in [-0.39, 0.29) is 12.2 Å². The van der Waals surface area contributed by atoms with E-state index >= 15 is 0 Å². The fourth-order valence-electron chi connectivity index (χ4n) is 1.61. The molecule has 8 nitrogen and oxygen atoms in total. The molecule has 9 heteroatoms. The second kappa shape index (κ2) is 5.80. The third kappa shape index (κ3) is 4.50. The van der Waals surface area contributed by atoms with Crippen LogP contribution in [-0.4, -0.2) is 33.5 Å². The van der Waals surface area contributed by atoms with E-state index in [4.69, 9.17) is 15.5 Å². The van der Waals surface area contributed by atoms with Gasteiger partial charge in [0.25, 0.3) is 0 Å². The summed E-state index contributed by atoms with van der Waals surface area (Å²) in [5.41, 5.74) is 4.98. The molecular weight excluding hydrogens is 289 g/mol. The van der Waals surface area contributed by atoms with Crippen molar-refractivity contribution in [2.75, 3.05) is 7.11 Å². The number of phenolic OH excluding ortho intramolecular Hbond substituents is 1. The summed E-state index contributed by atoms with van der Waals surface area (Å²) >= 11 is 0. The number of benzene rings is 1. The molecule has 112 valence electrons. The zero-order valence-electron chi connectivity index (χ0n) is 10.9. The number of nitrogens with two attached hydrogens (primary N) is 1. The van der Waals surface area contributed by atoms with E-state index in [1.54, 1.807) is 0 Å². The van der Waals surface area contributed by atoms with E-state index in [2.05, 4.69) is 9.26 Å². The average molecular weight is 305 g/mol. The molecule has 1 rings (SSSR count). The Morgan fingerprint density at radius 3 is 2.50 bits per heavy atom. The van der Waals surface area contributed by atoms with Crippen LogP contribution in [0.1, 0.15) is 12.5 Å². The molecule has 0 heterocycles. The first-order valence-corrected chi connectivity index (χ1v) is 7.02. The van der Waals surface area contributed by atoms with Gasteiger partial charge in [-0.05, 0) is 24.6 Å². The number of carbonyl (C=O) groups excluding carboxylic acids is 1. The normalized spacial score (nSPS) is 14.4. The van der Waals surface area contributed by atoms with E-state index in [9.17, 15) is 14.5 Å². The van der Waals surface area contributed by atoms with Crippen LogP contribution in [0.4, 0.5) is 0 Å². The Kier molecular flexibility index (Phi) is 4.77. The Hall–Kier alpha value is -1.60. The van der Waals surface area contributed by atoms with Crippen molar-refractivity contribution in [3.63, 3.8) is 0 Å². The maximum Gasteiger partial charge on any atom is 0.524 e. The van der Waals surface area contributed by atoms with Gasteiger partial charge in [-0.25, -0.2) is 4.57 Å². The first-order valence-electron chi connectivity index (χ1n) is 5.49. The number of phosphoric ester groups is 1. The zero-order chi connectivity index (χ0) is 15.6. The molecule has 0 aliphatic carbocycles. The van der Waals surface area contributed by atoms with Gasteiger partial charge in [0, 0.05) is 6.42 Å². The molecule has 0 saturated carbocycles. The third-order valence-electron chi connectivity index (χ3n) is 2.46. The van der Waals surface area contributed by atoms with E-state index in [0.29, 0.717) is 5.56 Å². The predicted molar refractivity (Wildman–Crippen MR) is 69.1 cm³/mol. The molecule has 5 N–H and O–H groups in total. The van der Waals surface area contributed by atoms with Crippen LogP contribution in [0.5, 0.6) is 11.5 Å². The molecule has 1 atom stereocenters. The molecule has 20 heavy (non-hydrogen) atoms. The molecule has 1 aromatic rings. The molecule has 0 bridgehead atoms. The maximum absolute atomic E-state index is 11.4. The molecule has 0 saturated heterocycles. The van der Waals surface area contributed by atoms with E-state index in [1.807, 2.05) is 0 Å². The molecule has 0 amide bonds. The minimum atomic E-state index is -4.75. The third-order valence-corrected chi connectivity index (χ3v) is 2.90. The van der Waals surface area contributed by atoms with E-state index in [0.717, 1.165) is 0 Å². The van der Waals surface area contributed by atoms with Crippen LogP contribution < -0.4 is 10.3 Å². The Bertz CT molecular complexity index is 552. The van der Waals surface area contributed by atoms with Gasteiger partial charge in [-0.1, -0.05) is 6.07 Å². The highest BCUT2D eigenvalue weighted by Crippen LogP contribution is 2.41. The summed E-state index contributed by atoms with van der Waals surface area (Å²) in [7, 11) is -3.54. The lowest BCUT2D eigenvalue weighted by atomic mass is 9.94. The lowest BCUT2D eigenvalue weighted by Gasteiger charge is -2.21. The molecule has 1 aromatic carbocycles. The maximum atomic E-state index is 11.4. The summed E-state index contributed by atoms with van der Waals surface area (Å²) in [5, 5.41) is 9.62. The second-order valence-corrected chi connectivity index (χ2v) is 5.63. The van der Waals surface area contributed by atoms with E-state index in [1.165, 1.54) is 32.2 Å². The zero-order valence-corrected chi connectivity index (χ0v) is 11.8. The number of rotatable bonds is 5. The van der Waals surface area contributed by atoms with Gasteiger partial charge >= 0.3 is 13.8 Å². The molecule has 0 spiro atoms. The molecule has 0 aliphatic rings.